The van der Waals surface area contributed by atoms with Gasteiger partial charge in [-0.15, -0.1) is 0 Å². The molecule has 1 aliphatic rings. The third-order valence-electron chi connectivity index (χ3n) is 3.19. The van der Waals surface area contributed by atoms with Crippen molar-refractivity contribution in [3.05, 3.63) is 28.0 Å². The van der Waals surface area contributed by atoms with E-state index in [4.69, 9.17) is 15.2 Å². The second-order valence-electron chi connectivity index (χ2n) is 5.11. The van der Waals surface area contributed by atoms with Crippen molar-refractivity contribution in [2.45, 2.75) is 0 Å². The number of allylic oxidation sites excluding steroid dienone is 1. The van der Waals surface area contributed by atoms with Crippen LogP contribution in [0.15, 0.2) is 16.6 Å². The molecule has 2 heterocycles. The number of fused-ring (bicyclic) bond motifs is 1. The first-order valence-electron chi connectivity index (χ1n) is 6.88. The fourth-order valence-electron chi connectivity index (χ4n) is 2.05. The SMILES string of the molecule is CN(C)c1nc(N)nc(/C(C#N)=C\c2cc3c(cc2Br)OCO3)n1. The summed E-state index contributed by atoms with van der Waals surface area (Å²) in [7, 11) is 3.56. The maximum absolute atomic E-state index is 9.50. The van der Waals surface area contributed by atoms with Gasteiger partial charge in [0.15, 0.2) is 17.3 Å². The fraction of sp³-hybridized carbons (Fsp3) is 0.200. The molecule has 9 heteroatoms. The monoisotopic (exact) mass is 388 g/mol. The summed E-state index contributed by atoms with van der Waals surface area (Å²) >= 11 is 3.46. The van der Waals surface area contributed by atoms with Crippen LogP contribution in [0, 0.1) is 11.3 Å². The van der Waals surface area contributed by atoms with Gasteiger partial charge in [-0.2, -0.15) is 20.2 Å². The average molecular weight is 389 g/mol. The maximum atomic E-state index is 9.50. The van der Waals surface area contributed by atoms with Crippen molar-refractivity contribution in [3.63, 3.8) is 0 Å². The second kappa shape index (κ2) is 6.33. The lowest BCUT2D eigenvalue weighted by molar-refractivity contribution is 0.174. The van der Waals surface area contributed by atoms with Crippen LogP contribution >= 0.6 is 15.9 Å². The van der Waals surface area contributed by atoms with Crippen LogP contribution in [0.2, 0.25) is 0 Å². The molecule has 2 aromatic rings. The number of hydrogen-bond acceptors (Lipinski definition) is 8. The number of halogens is 1. The third kappa shape index (κ3) is 3.09. The van der Waals surface area contributed by atoms with Crippen molar-refractivity contribution in [2.24, 2.45) is 0 Å². The number of nitrogens with zero attached hydrogens (tertiary/aromatic N) is 5. The van der Waals surface area contributed by atoms with Crippen LogP contribution in [0.5, 0.6) is 11.5 Å². The van der Waals surface area contributed by atoms with E-state index in [1.54, 1.807) is 37.2 Å². The largest absolute Gasteiger partial charge is 0.454 e. The van der Waals surface area contributed by atoms with Crippen molar-refractivity contribution in [2.75, 3.05) is 31.5 Å². The minimum Gasteiger partial charge on any atom is -0.454 e. The number of aromatic nitrogens is 3. The summed E-state index contributed by atoms with van der Waals surface area (Å²) in [4.78, 5) is 14.0. The molecule has 0 saturated carbocycles. The molecular formula is C15H13BrN6O2. The summed E-state index contributed by atoms with van der Waals surface area (Å²) in [5, 5.41) is 9.50. The lowest BCUT2D eigenvalue weighted by atomic mass is 10.1. The molecule has 0 fully saturated rings. The Balaban J connectivity index is 2.07. The van der Waals surface area contributed by atoms with Gasteiger partial charge in [-0.25, -0.2) is 0 Å². The summed E-state index contributed by atoms with van der Waals surface area (Å²) in [6, 6.07) is 5.66. The summed E-state index contributed by atoms with van der Waals surface area (Å²) in [6.07, 6.45) is 1.65. The van der Waals surface area contributed by atoms with E-state index < -0.39 is 0 Å². The van der Waals surface area contributed by atoms with Gasteiger partial charge in [0, 0.05) is 18.6 Å². The fourth-order valence-corrected chi connectivity index (χ4v) is 2.48. The molecule has 122 valence electrons. The van der Waals surface area contributed by atoms with Crippen LogP contribution in [0.3, 0.4) is 0 Å². The number of rotatable bonds is 3. The molecule has 0 amide bonds. The van der Waals surface area contributed by atoms with E-state index in [9.17, 15) is 5.26 Å². The molecule has 24 heavy (non-hydrogen) atoms. The van der Waals surface area contributed by atoms with Crippen LogP contribution in [-0.4, -0.2) is 35.8 Å². The van der Waals surface area contributed by atoms with E-state index in [1.165, 1.54) is 0 Å². The zero-order valence-electron chi connectivity index (χ0n) is 12.9. The number of benzene rings is 1. The minimum atomic E-state index is 0.0506. The van der Waals surface area contributed by atoms with Crippen LogP contribution in [0.4, 0.5) is 11.9 Å². The van der Waals surface area contributed by atoms with E-state index in [2.05, 4.69) is 37.0 Å². The van der Waals surface area contributed by atoms with Crippen LogP contribution in [0.1, 0.15) is 11.4 Å². The first-order chi connectivity index (χ1) is 11.5. The number of anilines is 2. The highest BCUT2D eigenvalue weighted by atomic mass is 79.9. The van der Waals surface area contributed by atoms with Gasteiger partial charge in [0.1, 0.15) is 6.07 Å². The third-order valence-corrected chi connectivity index (χ3v) is 3.88. The van der Waals surface area contributed by atoms with Gasteiger partial charge in [-0.3, -0.25) is 0 Å². The zero-order chi connectivity index (χ0) is 17.3. The Labute approximate surface area is 146 Å². The average Bonchev–Trinajstić information content (AvgIpc) is 2.98. The molecule has 0 atom stereocenters. The van der Waals surface area contributed by atoms with E-state index in [0.717, 1.165) is 10.0 Å². The number of hydrogen-bond donors (Lipinski definition) is 1. The molecule has 0 aliphatic carbocycles. The first kappa shape index (κ1) is 16.0. The Morgan fingerprint density at radius 3 is 2.67 bits per heavy atom. The summed E-state index contributed by atoms with van der Waals surface area (Å²) in [5.41, 5.74) is 6.71. The molecule has 1 aliphatic heterocycles. The van der Waals surface area contributed by atoms with Gasteiger partial charge in [0.05, 0.1) is 5.57 Å². The standard InChI is InChI=1S/C15H13BrN6O2/c1-22(2)15-20-13(19-14(18)21-15)9(6-17)3-8-4-11-12(5-10(8)16)24-7-23-11/h3-5H,7H2,1-2H3,(H2,18,19,20,21)/b9-3-. The van der Waals surface area contributed by atoms with Crippen LogP contribution < -0.4 is 20.1 Å². The summed E-state index contributed by atoms with van der Waals surface area (Å²) < 4.78 is 11.4. The molecule has 2 N–H and O–H groups in total. The van der Waals surface area contributed by atoms with Crippen molar-refractivity contribution in [1.29, 1.82) is 5.26 Å². The smallest absolute Gasteiger partial charge is 0.231 e. The molecule has 1 aromatic heterocycles. The molecule has 0 bridgehead atoms. The highest BCUT2D eigenvalue weighted by Gasteiger charge is 2.17. The maximum Gasteiger partial charge on any atom is 0.231 e. The van der Waals surface area contributed by atoms with Crippen LogP contribution in [0.25, 0.3) is 11.6 Å². The Bertz CT molecular complexity index is 875. The normalized spacial score (nSPS) is 12.8. The van der Waals surface area contributed by atoms with Gasteiger partial charge in [-0.05, 0) is 23.8 Å². The van der Waals surface area contributed by atoms with Crippen molar-refractivity contribution in [1.82, 2.24) is 15.0 Å². The van der Waals surface area contributed by atoms with Gasteiger partial charge >= 0.3 is 0 Å². The van der Waals surface area contributed by atoms with Crippen molar-refractivity contribution >= 4 is 39.5 Å². The Morgan fingerprint density at radius 1 is 1.29 bits per heavy atom. The lowest BCUT2D eigenvalue weighted by Gasteiger charge is -2.11. The quantitative estimate of drug-likeness (QED) is 0.795. The highest BCUT2D eigenvalue weighted by Crippen LogP contribution is 2.38. The predicted octanol–water partition coefficient (Wildman–Crippen LogP) is 2.08. The zero-order valence-corrected chi connectivity index (χ0v) is 14.5. The molecule has 0 unspecified atom stereocenters. The lowest BCUT2D eigenvalue weighted by Crippen LogP contribution is -2.15. The van der Waals surface area contributed by atoms with E-state index in [0.29, 0.717) is 17.4 Å². The molecule has 0 saturated heterocycles. The Morgan fingerprint density at radius 2 is 2.00 bits per heavy atom. The predicted molar refractivity (Wildman–Crippen MR) is 92.3 cm³/mol. The van der Waals surface area contributed by atoms with Gasteiger partial charge in [-0.1, -0.05) is 15.9 Å². The topological polar surface area (TPSA) is 110 Å². The number of nitrogens with two attached hydrogens (primary N) is 1. The van der Waals surface area contributed by atoms with E-state index in [-0.39, 0.29) is 24.1 Å². The molecular weight excluding hydrogens is 376 g/mol. The molecule has 1 aromatic carbocycles. The Hall–Kier alpha value is -2.86. The van der Waals surface area contributed by atoms with Gasteiger partial charge in [0.25, 0.3) is 0 Å². The minimum absolute atomic E-state index is 0.0506. The highest BCUT2D eigenvalue weighted by molar-refractivity contribution is 9.10. The second-order valence-corrected chi connectivity index (χ2v) is 5.96. The molecule has 0 radical (unpaired) electrons. The van der Waals surface area contributed by atoms with E-state index in [1.807, 2.05) is 0 Å². The number of nitriles is 1. The van der Waals surface area contributed by atoms with Crippen molar-refractivity contribution < 1.29 is 9.47 Å². The molecule has 0 spiro atoms. The Kier molecular flexibility index (Phi) is 4.22. The number of nitrogen functional groups attached to an aromatic ring is 1. The molecule has 8 nitrogen and oxygen atoms in total. The first-order valence-corrected chi connectivity index (χ1v) is 7.67. The van der Waals surface area contributed by atoms with Crippen LogP contribution in [-0.2, 0) is 0 Å². The van der Waals surface area contributed by atoms with Crippen molar-refractivity contribution in [3.8, 4) is 17.6 Å². The number of ether oxygens (including phenoxy) is 2. The molecule has 3 rings (SSSR count). The van der Waals surface area contributed by atoms with Gasteiger partial charge < -0.3 is 20.1 Å². The van der Waals surface area contributed by atoms with Gasteiger partial charge in [0.2, 0.25) is 18.7 Å². The van der Waals surface area contributed by atoms with E-state index >= 15 is 0 Å². The summed E-state index contributed by atoms with van der Waals surface area (Å²) in [6.45, 7) is 0.177. The summed E-state index contributed by atoms with van der Waals surface area (Å²) in [5.74, 6) is 1.90.